The van der Waals surface area contributed by atoms with Crippen LogP contribution in [0.1, 0.15) is 37.1 Å². The molecule has 1 unspecified atom stereocenters. The fraction of sp³-hybridized carbons (Fsp3) is 0.385. The van der Waals surface area contributed by atoms with E-state index in [1.165, 1.54) is 0 Å². The molecule has 86 valence electrons. The third-order valence-electron chi connectivity index (χ3n) is 2.75. The summed E-state index contributed by atoms with van der Waals surface area (Å²) in [6.45, 7) is 4.18. The summed E-state index contributed by atoms with van der Waals surface area (Å²) in [5.41, 5.74) is 8.14. The van der Waals surface area contributed by atoms with Crippen molar-refractivity contribution in [3.63, 3.8) is 0 Å². The van der Waals surface area contributed by atoms with E-state index in [2.05, 4.69) is 35.0 Å². The third kappa shape index (κ3) is 2.15. The number of fused-ring (bicyclic) bond motifs is 1. The molecule has 1 atom stereocenters. The molecule has 0 bridgehead atoms. The Bertz CT molecular complexity index is 504. The van der Waals surface area contributed by atoms with Gasteiger partial charge in [-0.05, 0) is 37.1 Å². The van der Waals surface area contributed by atoms with Crippen molar-refractivity contribution in [3.05, 3.63) is 34.0 Å². The molecule has 1 heterocycles. The van der Waals surface area contributed by atoms with E-state index in [4.69, 9.17) is 10.2 Å². The standard InChI is InChI=1S/C13H16BrNO/c1-3-4-11(15)12-7-9-6-10(14)5-8(2)13(9)16-12/h5-7,11H,3-4,15H2,1-2H3. The number of aryl methyl sites for hydroxylation is 1. The van der Waals surface area contributed by atoms with Gasteiger partial charge in [0.15, 0.2) is 0 Å². The van der Waals surface area contributed by atoms with Crippen molar-refractivity contribution in [1.82, 2.24) is 0 Å². The molecule has 2 nitrogen and oxygen atoms in total. The molecule has 3 heteroatoms. The first-order valence-corrected chi connectivity index (χ1v) is 6.36. The number of furan rings is 1. The lowest BCUT2D eigenvalue weighted by molar-refractivity contribution is 0.474. The Labute approximate surface area is 104 Å². The highest BCUT2D eigenvalue weighted by molar-refractivity contribution is 9.10. The molecule has 0 radical (unpaired) electrons. The van der Waals surface area contributed by atoms with Gasteiger partial charge in [-0.3, -0.25) is 0 Å². The molecule has 0 fully saturated rings. The van der Waals surface area contributed by atoms with Crippen molar-refractivity contribution >= 4 is 26.9 Å². The fourth-order valence-corrected chi connectivity index (χ4v) is 2.53. The zero-order valence-electron chi connectivity index (χ0n) is 9.59. The van der Waals surface area contributed by atoms with E-state index in [0.29, 0.717) is 0 Å². The number of hydrogen-bond acceptors (Lipinski definition) is 2. The Balaban J connectivity index is 2.47. The average Bonchev–Trinajstić information content (AvgIpc) is 2.62. The first kappa shape index (κ1) is 11.7. The predicted octanol–water partition coefficient (Wildman–Crippen LogP) is 4.30. The van der Waals surface area contributed by atoms with E-state index < -0.39 is 0 Å². The summed E-state index contributed by atoms with van der Waals surface area (Å²) in [7, 11) is 0. The maximum Gasteiger partial charge on any atom is 0.137 e. The van der Waals surface area contributed by atoms with Gasteiger partial charge >= 0.3 is 0 Å². The van der Waals surface area contributed by atoms with Crippen LogP contribution in [-0.2, 0) is 0 Å². The number of hydrogen-bond donors (Lipinski definition) is 1. The maximum absolute atomic E-state index is 6.05. The van der Waals surface area contributed by atoms with Crippen molar-refractivity contribution in [3.8, 4) is 0 Å². The van der Waals surface area contributed by atoms with Crippen LogP contribution >= 0.6 is 15.9 Å². The van der Waals surface area contributed by atoms with Gasteiger partial charge in [0.1, 0.15) is 11.3 Å². The van der Waals surface area contributed by atoms with Crippen LogP contribution in [0.5, 0.6) is 0 Å². The summed E-state index contributed by atoms with van der Waals surface area (Å²) in [6, 6.07) is 6.18. The smallest absolute Gasteiger partial charge is 0.137 e. The summed E-state index contributed by atoms with van der Waals surface area (Å²) in [5.74, 6) is 0.887. The van der Waals surface area contributed by atoms with Gasteiger partial charge in [-0.2, -0.15) is 0 Å². The monoisotopic (exact) mass is 281 g/mol. The molecule has 1 aromatic heterocycles. The van der Waals surface area contributed by atoms with Crippen LogP contribution in [0.3, 0.4) is 0 Å². The largest absolute Gasteiger partial charge is 0.459 e. The number of nitrogens with two attached hydrogens (primary N) is 1. The van der Waals surface area contributed by atoms with Gasteiger partial charge < -0.3 is 10.2 Å². The number of rotatable bonds is 3. The van der Waals surface area contributed by atoms with Gasteiger partial charge in [0, 0.05) is 9.86 Å². The molecular formula is C13H16BrNO. The second-order valence-corrected chi connectivity index (χ2v) is 5.10. The minimum absolute atomic E-state index is 0.00979. The molecule has 0 saturated heterocycles. The van der Waals surface area contributed by atoms with Gasteiger partial charge in [0.25, 0.3) is 0 Å². The van der Waals surface area contributed by atoms with E-state index >= 15 is 0 Å². The van der Waals surface area contributed by atoms with Crippen LogP contribution < -0.4 is 5.73 Å². The minimum Gasteiger partial charge on any atom is -0.459 e. The summed E-state index contributed by atoms with van der Waals surface area (Å²) in [5, 5.41) is 1.12. The van der Waals surface area contributed by atoms with Crippen molar-refractivity contribution in [2.45, 2.75) is 32.7 Å². The zero-order chi connectivity index (χ0) is 11.7. The quantitative estimate of drug-likeness (QED) is 0.911. The van der Waals surface area contributed by atoms with Gasteiger partial charge in [-0.1, -0.05) is 29.3 Å². The normalized spacial score (nSPS) is 13.2. The van der Waals surface area contributed by atoms with Gasteiger partial charge in [0.05, 0.1) is 6.04 Å². The first-order valence-electron chi connectivity index (χ1n) is 5.57. The third-order valence-corrected chi connectivity index (χ3v) is 3.21. The number of benzene rings is 1. The molecular weight excluding hydrogens is 266 g/mol. The molecule has 1 aromatic carbocycles. The van der Waals surface area contributed by atoms with Crippen LogP contribution in [0, 0.1) is 6.92 Å². The predicted molar refractivity (Wildman–Crippen MR) is 70.5 cm³/mol. The molecule has 2 N–H and O–H groups in total. The van der Waals surface area contributed by atoms with Gasteiger partial charge in [-0.15, -0.1) is 0 Å². The van der Waals surface area contributed by atoms with Crippen LogP contribution in [0.2, 0.25) is 0 Å². The second-order valence-electron chi connectivity index (χ2n) is 4.18. The average molecular weight is 282 g/mol. The Kier molecular flexibility index (Phi) is 3.36. The van der Waals surface area contributed by atoms with Crippen LogP contribution in [0.15, 0.2) is 27.1 Å². The van der Waals surface area contributed by atoms with Gasteiger partial charge in [0.2, 0.25) is 0 Å². The molecule has 0 aliphatic heterocycles. The topological polar surface area (TPSA) is 39.2 Å². The molecule has 0 saturated carbocycles. The van der Waals surface area contributed by atoms with Crippen molar-refractivity contribution in [2.75, 3.05) is 0 Å². The molecule has 0 aliphatic carbocycles. The Morgan fingerprint density at radius 3 is 2.81 bits per heavy atom. The second kappa shape index (κ2) is 4.60. The van der Waals surface area contributed by atoms with E-state index in [9.17, 15) is 0 Å². The highest BCUT2D eigenvalue weighted by atomic mass is 79.9. The number of halogens is 1. The van der Waals surface area contributed by atoms with Crippen LogP contribution in [0.25, 0.3) is 11.0 Å². The Morgan fingerprint density at radius 2 is 2.12 bits per heavy atom. The van der Waals surface area contributed by atoms with Crippen molar-refractivity contribution in [1.29, 1.82) is 0 Å². The summed E-state index contributed by atoms with van der Waals surface area (Å²) in [6.07, 6.45) is 2.03. The van der Waals surface area contributed by atoms with Crippen molar-refractivity contribution in [2.24, 2.45) is 5.73 Å². The highest BCUT2D eigenvalue weighted by Gasteiger charge is 2.12. The molecule has 16 heavy (non-hydrogen) atoms. The van der Waals surface area contributed by atoms with E-state index in [0.717, 1.165) is 39.6 Å². The molecule has 0 aliphatic rings. The zero-order valence-corrected chi connectivity index (χ0v) is 11.2. The minimum atomic E-state index is 0.00979. The summed E-state index contributed by atoms with van der Waals surface area (Å²) in [4.78, 5) is 0. The Morgan fingerprint density at radius 1 is 1.38 bits per heavy atom. The van der Waals surface area contributed by atoms with E-state index in [1.807, 2.05) is 13.0 Å². The summed E-state index contributed by atoms with van der Waals surface area (Å²) >= 11 is 3.49. The fourth-order valence-electron chi connectivity index (χ4n) is 1.94. The lowest BCUT2D eigenvalue weighted by Gasteiger charge is -2.05. The maximum atomic E-state index is 6.05. The summed E-state index contributed by atoms with van der Waals surface area (Å²) < 4.78 is 6.90. The van der Waals surface area contributed by atoms with Gasteiger partial charge in [-0.25, -0.2) is 0 Å². The molecule has 2 aromatic rings. The molecule has 0 spiro atoms. The van der Waals surface area contributed by atoms with Crippen LogP contribution in [-0.4, -0.2) is 0 Å². The lowest BCUT2D eigenvalue weighted by Crippen LogP contribution is -2.08. The van der Waals surface area contributed by atoms with E-state index in [-0.39, 0.29) is 6.04 Å². The first-order chi connectivity index (χ1) is 7.61. The SMILES string of the molecule is CCCC(N)c1cc2cc(Br)cc(C)c2o1. The van der Waals surface area contributed by atoms with Crippen LogP contribution in [0.4, 0.5) is 0 Å². The van der Waals surface area contributed by atoms with E-state index in [1.54, 1.807) is 0 Å². The Hall–Kier alpha value is -0.800. The van der Waals surface area contributed by atoms with Crippen molar-refractivity contribution < 1.29 is 4.42 Å². The molecule has 2 rings (SSSR count). The molecule has 0 amide bonds. The lowest BCUT2D eigenvalue weighted by atomic mass is 10.1. The highest BCUT2D eigenvalue weighted by Crippen LogP contribution is 2.29.